The van der Waals surface area contributed by atoms with Crippen LogP contribution in [-0.2, 0) is 0 Å². The van der Waals surface area contributed by atoms with E-state index in [9.17, 15) is 14.9 Å². The predicted octanol–water partition coefficient (Wildman–Crippen LogP) is 1.44. The molecule has 1 unspecified atom stereocenters. The minimum atomic E-state index is -0.497. The third-order valence-electron chi connectivity index (χ3n) is 3.21. The van der Waals surface area contributed by atoms with Gasteiger partial charge in [-0.2, -0.15) is 0 Å². The molecule has 1 saturated heterocycles. The van der Waals surface area contributed by atoms with E-state index in [-0.39, 0.29) is 24.0 Å². The molecular formula is C12H16ClN3O3. The molecule has 2 N–H and O–H groups in total. The maximum absolute atomic E-state index is 12.1. The molecule has 0 aromatic heterocycles. The third-order valence-corrected chi connectivity index (χ3v) is 3.21. The lowest BCUT2D eigenvalue weighted by Crippen LogP contribution is -2.29. The van der Waals surface area contributed by atoms with Crippen LogP contribution in [0.4, 0.5) is 5.69 Å². The van der Waals surface area contributed by atoms with Gasteiger partial charge in [-0.1, -0.05) is 6.07 Å². The van der Waals surface area contributed by atoms with Gasteiger partial charge in [-0.15, -0.1) is 12.4 Å². The molecule has 2 rings (SSSR count). The zero-order valence-electron chi connectivity index (χ0n) is 10.3. The number of amides is 1. The van der Waals surface area contributed by atoms with Crippen LogP contribution in [0, 0.1) is 16.0 Å². The number of likely N-dealkylation sites (tertiary alicyclic amines) is 1. The van der Waals surface area contributed by atoms with Crippen LogP contribution in [-0.4, -0.2) is 35.4 Å². The van der Waals surface area contributed by atoms with Crippen molar-refractivity contribution in [1.82, 2.24) is 4.90 Å². The molecule has 0 radical (unpaired) electrons. The van der Waals surface area contributed by atoms with Gasteiger partial charge < -0.3 is 10.6 Å². The number of hydrogen-bond donors (Lipinski definition) is 1. The van der Waals surface area contributed by atoms with E-state index in [2.05, 4.69) is 0 Å². The summed E-state index contributed by atoms with van der Waals surface area (Å²) in [6.45, 7) is 1.88. The summed E-state index contributed by atoms with van der Waals surface area (Å²) in [4.78, 5) is 24.0. The number of nitrogens with two attached hydrogens (primary N) is 1. The Balaban J connectivity index is 0.00000180. The summed E-state index contributed by atoms with van der Waals surface area (Å²) < 4.78 is 0. The lowest BCUT2D eigenvalue weighted by Gasteiger charge is -2.16. The van der Waals surface area contributed by atoms with Crippen LogP contribution in [0.2, 0.25) is 0 Å². The lowest BCUT2D eigenvalue weighted by molar-refractivity contribution is -0.384. The Bertz CT molecular complexity index is 481. The zero-order chi connectivity index (χ0) is 13.1. The molecule has 0 aliphatic carbocycles. The van der Waals surface area contributed by atoms with Gasteiger partial charge in [0, 0.05) is 30.8 Å². The highest BCUT2D eigenvalue weighted by molar-refractivity contribution is 5.95. The lowest BCUT2D eigenvalue weighted by atomic mass is 10.1. The summed E-state index contributed by atoms with van der Waals surface area (Å²) in [5.41, 5.74) is 5.87. The topological polar surface area (TPSA) is 89.5 Å². The molecule has 0 saturated carbocycles. The van der Waals surface area contributed by atoms with E-state index in [1.807, 2.05) is 0 Å². The van der Waals surface area contributed by atoms with Crippen LogP contribution in [0.1, 0.15) is 16.8 Å². The molecule has 1 aromatic rings. The van der Waals surface area contributed by atoms with Gasteiger partial charge in [-0.3, -0.25) is 14.9 Å². The van der Waals surface area contributed by atoms with E-state index in [1.54, 1.807) is 11.0 Å². The molecule has 104 valence electrons. The Hall–Kier alpha value is -1.66. The largest absolute Gasteiger partial charge is 0.338 e. The Morgan fingerprint density at radius 3 is 2.84 bits per heavy atom. The summed E-state index contributed by atoms with van der Waals surface area (Å²) in [6, 6.07) is 5.83. The molecule has 1 aliphatic rings. The van der Waals surface area contributed by atoms with Crippen molar-refractivity contribution in [2.45, 2.75) is 6.42 Å². The molecule has 1 aliphatic heterocycles. The third kappa shape index (κ3) is 3.42. The molecule has 19 heavy (non-hydrogen) atoms. The number of halogens is 1. The number of benzene rings is 1. The minimum absolute atomic E-state index is 0. The van der Waals surface area contributed by atoms with Gasteiger partial charge in [0.2, 0.25) is 0 Å². The first-order valence-corrected chi connectivity index (χ1v) is 5.85. The second kappa shape index (κ2) is 6.49. The van der Waals surface area contributed by atoms with Gasteiger partial charge in [0.1, 0.15) is 0 Å². The molecular weight excluding hydrogens is 270 g/mol. The van der Waals surface area contributed by atoms with Crippen molar-refractivity contribution in [1.29, 1.82) is 0 Å². The number of nitro groups is 1. The van der Waals surface area contributed by atoms with Crippen LogP contribution in [0.3, 0.4) is 0 Å². The van der Waals surface area contributed by atoms with Gasteiger partial charge in [0.25, 0.3) is 11.6 Å². The van der Waals surface area contributed by atoms with Crippen LogP contribution < -0.4 is 5.73 Å². The highest BCUT2D eigenvalue weighted by atomic mass is 35.5. The van der Waals surface area contributed by atoms with Crippen molar-refractivity contribution >= 4 is 24.0 Å². The fourth-order valence-corrected chi connectivity index (χ4v) is 2.14. The Labute approximate surface area is 117 Å². The van der Waals surface area contributed by atoms with Crippen LogP contribution in [0.15, 0.2) is 24.3 Å². The summed E-state index contributed by atoms with van der Waals surface area (Å²) in [7, 11) is 0. The van der Waals surface area contributed by atoms with Crippen molar-refractivity contribution in [3.63, 3.8) is 0 Å². The summed E-state index contributed by atoms with van der Waals surface area (Å²) in [6.07, 6.45) is 0.900. The number of carbonyl (C=O) groups is 1. The Morgan fingerprint density at radius 2 is 2.26 bits per heavy atom. The molecule has 0 bridgehead atoms. The molecule has 1 fully saturated rings. The molecule has 1 aromatic carbocycles. The first-order chi connectivity index (χ1) is 8.61. The van der Waals surface area contributed by atoms with Crippen molar-refractivity contribution in [3.8, 4) is 0 Å². The van der Waals surface area contributed by atoms with Gasteiger partial charge in [0.15, 0.2) is 0 Å². The van der Waals surface area contributed by atoms with Crippen molar-refractivity contribution < 1.29 is 9.72 Å². The van der Waals surface area contributed by atoms with Gasteiger partial charge in [-0.25, -0.2) is 0 Å². The second-order valence-corrected chi connectivity index (χ2v) is 4.45. The van der Waals surface area contributed by atoms with Crippen LogP contribution >= 0.6 is 12.4 Å². The monoisotopic (exact) mass is 285 g/mol. The number of hydrogen-bond acceptors (Lipinski definition) is 4. The average Bonchev–Trinajstić information content (AvgIpc) is 2.86. The van der Waals surface area contributed by atoms with E-state index < -0.39 is 4.92 Å². The molecule has 1 heterocycles. The number of nitro benzene ring substituents is 1. The van der Waals surface area contributed by atoms with Crippen molar-refractivity contribution in [3.05, 3.63) is 39.9 Å². The number of nitrogens with zero attached hydrogens (tertiary/aromatic N) is 2. The van der Waals surface area contributed by atoms with Crippen LogP contribution in [0.25, 0.3) is 0 Å². The first-order valence-electron chi connectivity index (χ1n) is 5.85. The van der Waals surface area contributed by atoms with E-state index >= 15 is 0 Å². The van der Waals surface area contributed by atoms with E-state index in [4.69, 9.17) is 5.73 Å². The number of carbonyl (C=O) groups excluding carboxylic acids is 1. The predicted molar refractivity (Wildman–Crippen MR) is 73.4 cm³/mol. The van der Waals surface area contributed by atoms with E-state index in [0.717, 1.165) is 6.42 Å². The number of rotatable bonds is 3. The van der Waals surface area contributed by atoms with Crippen molar-refractivity contribution in [2.24, 2.45) is 11.7 Å². The number of non-ortho nitro benzene ring substituents is 1. The fraction of sp³-hybridized carbons (Fsp3) is 0.417. The second-order valence-electron chi connectivity index (χ2n) is 4.45. The smallest absolute Gasteiger partial charge is 0.270 e. The SMILES string of the molecule is Cl.NCC1CCN(C(=O)c2cccc([N+](=O)[O-])c2)C1. The summed E-state index contributed by atoms with van der Waals surface area (Å²) in [5.74, 6) is 0.183. The normalized spacial score (nSPS) is 17.9. The average molecular weight is 286 g/mol. The van der Waals surface area contributed by atoms with Crippen molar-refractivity contribution in [2.75, 3.05) is 19.6 Å². The highest BCUT2D eigenvalue weighted by Gasteiger charge is 2.26. The Morgan fingerprint density at radius 1 is 1.53 bits per heavy atom. The van der Waals surface area contributed by atoms with E-state index in [0.29, 0.717) is 31.1 Å². The zero-order valence-corrected chi connectivity index (χ0v) is 11.1. The van der Waals surface area contributed by atoms with Gasteiger partial charge >= 0.3 is 0 Å². The highest BCUT2D eigenvalue weighted by Crippen LogP contribution is 2.20. The molecule has 6 nitrogen and oxygen atoms in total. The minimum Gasteiger partial charge on any atom is -0.338 e. The van der Waals surface area contributed by atoms with E-state index in [1.165, 1.54) is 18.2 Å². The van der Waals surface area contributed by atoms with Crippen LogP contribution in [0.5, 0.6) is 0 Å². The maximum atomic E-state index is 12.1. The van der Waals surface area contributed by atoms with Gasteiger partial charge in [0.05, 0.1) is 4.92 Å². The molecule has 1 atom stereocenters. The molecule has 7 heteroatoms. The Kier molecular flexibility index (Phi) is 5.26. The summed E-state index contributed by atoms with van der Waals surface area (Å²) >= 11 is 0. The fourth-order valence-electron chi connectivity index (χ4n) is 2.14. The standard InChI is InChI=1S/C12H15N3O3.ClH/c13-7-9-4-5-14(8-9)12(16)10-2-1-3-11(6-10)15(17)18;/h1-3,6,9H,4-5,7-8,13H2;1H. The van der Waals surface area contributed by atoms with Gasteiger partial charge in [-0.05, 0) is 24.9 Å². The maximum Gasteiger partial charge on any atom is 0.270 e. The first kappa shape index (κ1) is 15.4. The quantitative estimate of drug-likeness (QED) is 0.672. The summed E-state index contributed by atoms with van der Waals surface area (Å²) in [5, 5.41) is 10.7. The molecule has 0 spiro atoms. The molecule has 1 amide bonds.